The number of hydrogen-bond acceptors (Lipinski definition) is 4. The third-order valence-electron chi connectivity index (χ3n) is 1.04. The van der Waals surface area contributed by atoms with Gasteiger partial charge in [0.1, 0.15) is 0 Å². The number of hydrazone groups is 1. The van der Waals surface area contributed by atoms with Crippen molar-refractivity contribution in [1.82, 2.24) is 16.1 Å². The molecule has 6 heteroatoms. The molecule has 0 unspecified atom stereocenters. The number of carbonyl (C=O) groups excluding carboxylic acids is 1. The summed E-state index contributed by atoms with van der Waals surface area (Å²) in [6.45, 7) is 3.29. The minimum Gasteiger partial charge on any atom is -0.268 e. The highest BCUT2D eigenvalue weighted by atomic mass is 35.5. The van der Waals surface area contributed by atoms with Gasteiger partial charge in [0, 0.05) is 6.20 Å². The lowest BCUT2D eigenvalue weighted by Crippen LogP contribution is -2.45. The lowest BCUT2D eigenvalue weighted by atomic mass is 10.6. The van der Waals surface area contributed by atoms with Gasteiger partial charge < -0.3 is 0 Å². The molecule has 0 bridgehead atoms. The normalized spacial score (nSPS) is 14.8. The molecule has 0 saturated heterocycles. The largest absolute Gasteiger partial charge is 0.268 e. The van der Waals surface area contributed by atoms with Gasteiger partial charge in [0.05, 0.1) is 0 Å². The Kier molecular flexibility index (Phi) is 2.71. The van der Waals surface area contributed by atoms with Crippen LogP contribution >= 0.6 is 11.6 Å². The van der Waals surface area contributed by atoms with Crippen molar-refractivity contribution in [2.24, 2.45) is 5.10 Å². The second-order valence-electron chi connectivity index (χ2n) is 1.90. The molecule has 5 nitrogen and oxygen atoms in total. The van der Waals surface area contributed by atoms with E-state index < -0.39 is 0 Å². The van der Waals surface area contributed by atoms with Crippen molar-refractivity contribution in [2.75, 3.05) is 0 Å². The summed E-state index contributed by atoms with van der Waals surface area (Å²) in [6.07, 6.45) is 4.20. The number of amides is 1. The van der Waals surface area contributed by atoms with Gasteiger partial charge >= 0.3 is 0 Å². The van der Waals surface area contributed by atoms with Crippen LogP contribution in [-0.2, 0) is 4.79 Å². The van der Waals surface area contributed by atoms with Crippen LogP contribution in [-0.4, -0.2) is 16.2 Å². The van der Waals surface area contributed by atoms with E-state index >= 15 is 0 Å². The number of nitrogens with zero attached hydrogens (tertiary/aromatic N) is 2. The third kappa shape index (κ3) is 2.28. The molecule has 0 aromatic rings. The standard InChI is InChI=1S/C6H7ClN4O/c1-2-6(12)9-11-4-3-5(7)8-10-11/h2-4,10H,1H2,(H,9,12). The molecule has 0 aromatic heterocycles. The van der Waals surface area contributed by atoms with Crippen molar-refractivity contribution >= 4 is 22.7 Å². The number of nitrogens with one attached hydrogen (secondary N) is 2. The Bertz CT molecular complexity index is 260. The molecule has 0 atom stereocenters. The first-order chi connectivity index (χ1) is 5.72. The van der Waals surface area contributed by atoms with Gasteiger partial charge in [-0.1, -0.05) is 18.2 Å². The molecule has 0 radical (unpaired) electrons. The van der Waals surface area contributed by atoms with E-state index in [2.05, 4.69) is 22.6 Å². The van der Waals surface area contributed by atoms with E-state index in [4.69, 9.17) is 11.6 Å². The molecule has 0 aliphatic carbocycles. The third-order valence-corrected chi connectivity index (χ3v) is 1.25. The Morgan fingerprint density at radius 2 is 2.67 bits per heavy atom. The van der Waals surface area contributed by atoms with Crippen molar-refractivity contribution in [3.63, 3.8) is 0 Å². The first-order valence-electron chi connectivity index (χ1n) is 3.11. The second-order valence-corrected chi connectivity index (χ2v) is 2.29. The van der Waals surface area contributed by atoms with Crippen molar-refractivity contribution in [3.05, 3.63) is 24.9 Å². The highest BCUT2D eigenvalue weighted by Gasteiger charge is 2.03. The summed E-state index contributed by atoms with van der Waals surface area (Å²) in [6, 6.07) is 0. The van der Waals surface area contributed by atoms with Crippen LogP contribution in [0.1, 0.15) is 0 Å². The molecule has 1 heterocycles. The first kappa shape index (κ1) is 8.61. The van der Waals surface area contributed by atoms with Crippen LogP contribution in [0, 0.1) is 0 Å². The predicted octanol–water partition coefficient (Wildman–Crippen LogP) is 0.0898. The van der Waals surface area contributed by atoms with Crippen LogP contribution in [0.25, 0.3) is 0 Å². The van der Waals surface area contributed by atoms with Crippen LogP contribution < -0.4 is 11.0 Å². The average molecular weight is 187 g/mol. The minimum atomic E-state index is -0.333. The van der Waals surface area contributed by atoms with Gasteiger partial charge in [-0.3, -0.25) is 4.79 Å². The van der Waals surface area contributed by atoms with Crippen LogP contribution in [0.2, 0.25) is 0 Å². The maximum Gasteiger partial charge on any atom is 0.263 e. The number of allylic oxidation sites excluding steroid dienone is 1. The lowest BCUT2D eigenvalue weighted by molar-refractivity contribution is -0.121. The van der Waals surface area contributed by atoms with Crippen LogP contribution in [0.5, 0.6) is 0 Å². The highest BCUT2D eigenvalue weighted by molar-refractivity contribution is 6.68. The molecule has 2 N–H and O–H groups in total. The Morgan fingerprint density at radius 1 is 1.92 bits per heavy atom. The molecule has 1 aliphatic rings. The zero-order chi connectivity index (χ0) is 8.97. The Labute approximate surface area is 74.3 Å². The molecule has 1 aliphatic heterocycles. The summed E-state index contributed by atoms with van der Waals surface area (Å²) >= 11 is 5.49. The topological polar surface area (TPSA) is 56.7 Å². The van der Waals surface area contributed by atoms with Gasteiger partial charge in [0.15, 0.2) is 5.17 Å². The monoisotopic (exact) mass is 186 g/mol. The van der Waals surface area contributed by atoms with Crippen molar-refractivity contribution in [3.8, 4) is 0 Å². The van der Waals surface area contributed by atoms with Gasteiger partial charge in [-0.15, -0.1) is 5.10 Å². The molecule has 1 rings (SSSR count). The van der Waals surface area contributed by atoms with Crippen molar-refractivity contribution in [1.29, 1.82) is 0 Å². The van der Waals surface area contributed by atoms with E-state index in [1.54, 1.807) is 0 Å². The molecular weight excluding hydrogens is 180 g/mol. The van der Waals surface area contributed by atoms with Crippen LogP contribution in [0.4, 0.5) is 0 Å². The zero-order valence-electron chi connectivity index (χ0n) is 6.12. The number of hydrazine groups is 2. The van der Waals surface area contributed by atoms with Crippen LogP contribution in [0.15, 0.2) is 30.0 Å². The van der Waals surface area contributed by atoms with Gasteiger partial charge in [0.2, 0.25) is 0 Å². The maximum absolute atomic E-state index is 10.7. The highest BCUT2D eigenvalue weighted by Crippen LogP contribution is 1.94. The minimum absolute atomic E-state index is 0.319. The predicted molar refractivity (Wildman–Crippen MR) is 45.7 cm³/mol. The number of rotatable bonds is 2. The van der Waals surface area contributed by atoms with E-state index in [-0.39, 0.29) is 5.91 Å². The van der Waals surface area contributed by atoms with Gasteiger partial charge in [0.25, 0.3) is 5.91 Å². The summed E-state index contributed by atoms with van der Waals surface area (Å²) in [5, 5.41) is 5.20. The first-order valence-corrected chi connectivity index (χ1v) is 3.49. The Hall–Kier alpha value is -1.49. The van der Waals surface area contributed by atoms with E-state index in [0.29, 0.717) is 5.17 Å². The lowest BCUT2D eigenvalue weighted by Gasteiger charge is -2.20. The summed E-state index contributed by atoms with van der Waals surface area (Å²) in [7, 11) is 0. The molecule has 64 valence electrons. The van der Waals surface area contributed by atoms with E-state index in [0.717, 1.165) is 6.08 Å². The molecule has 0 aromatic carbocycles. The van der Waals surface area contributed by atoms with Gasteiger partial charge in [-0.2, -0.15) is 10.7 Å². The Balaban J connectivity index is 2.43. The fourth-order valence-electron chi connectivity index (χ4n) is 0.535. The Morgan fingerprint density at radius 3 is 3.17 bits per heavy atom. The fraction of sp³-hybridized carbons (Fsp3) is 0. The van der Waals surface area contributed by atoms with Crippen molar-refractivity contribution < 1.29 is 4.79 Å². The van der Waals surface area contributed by atoms with E-state index in [1.165, 1.54) is 17.4 Å². The van der Waals surface area contributed by atoms with Gasteiger partial charge in [-0.05, 0) is 12.2 Å². The number of halogens is 1. The molecule has 0 saturated carbocycles. The summed E-state index contributed by atoms with van der Waals surface area (Å²) in [5.41, 5.74) is 4.86. The number of carbonyl (C=O) groups is 1. The fourth-order valence-corrected chi connectivity index (χ4v) is 0.629. The maximum atomic E-state index is 10.7. The molecular formula is C6H7ClN4O. The van der Waals surface area contributed by atoms with Gasteiger partial charge in [-0.25, -0.2) is 5.43 Å². The molecule has 1 amide bonds. The second kappa shape index (κ2) is 3.77. The van der Waals surface area contributed by atoms with E-state index in [9.17, 15) is 4.79 Å². The molecule has 0 fully saturated rings. The van der Waals surface area contributed by atoms with Crippen molar-refractivity contribution in [2.45, 2.75) is 0 Å². The zero-order valence-corrected chi connectivity index (χ0v) is 6.88. The molecule has 12 heavy (non-hydrogen) atoms. The smallest absolute Gasteiger partial charge is 0.263 e. The summed E-state index contributed by atoms with van der Waals surface area (Å²) < 4.78 is 0. The average Bonchev–Trinajstić information content (AvgIpc) is 2.09. The summed E-state index contributed by atoms with van der Waals surface area (Å²) in [4.78, 5) is 10.7. The van der Waals surface area contributed by atoms with Crippen LogP contribution in [0.3, 0.4) is 0 Å². The molecule has 0 spiro atoms. The SMILES string of the molecule is C=CC(=O)NN1C=CC(Cl)=NN1. The van der Waals surface area contributed by atoms with E-state index in [1.807, 2.05) is 0 Å². The summed E-state index contributed by atoms with van der Waals surface area (Å²) in [5.74, 6) is -0.333. The quantitative estimate of drug-likeness (QED) is 0.601. The number of hydrogen-bond donors (Lipinski definition) is 2.